The predicted molar refractivity (Wildman–Crippen MR) is 90.1 cm³/mol. The lowest BCUT2D eigenvalue weighted by molar-refractivity contribution is -0.166. The third-order valence-electron chi connectivity index (χ3n) is 5.54. The van der Waals surface area contributed by atoms with Crippen LogP contribution in [0.4, 0.5) is 0 Å². The third-order valence-corrected chi connectivity index (χ3v) is 5.54. The van der Waals surface area contributed by atoms with Gasteiger partial charge in [-0.1, -0.05) is 18.2 Å². The number of carbonyl (C=O) groups is 1. The van der Waals surface area contributed by atoms with E-state index in [9.17, 15) is 4.79 Å². The van der Waals surface area contributed by atoms with Crippen molar-refractivity contribution < 1.29 is 14.3 Å². The molecule has 0 bridgehead atoms. The maximum Gasteiger partial charge on any atom is 0.226 e. The highest BCUT2D eigenvalue weighted by molar-refractivity contribution is 5.79. The Balaban J connectivity index is 1.68. The molecule has 0 spiro atoms. The van der Waals surface area contributed by atoms with Crippen molar-refractivity contribution in [2.45, 2.75) is 44.6 Å². The number of hydrogen-bond donors (Lipinski definition) is 0. The molecule has 3 atom stereocenters. The van der Waals surface area contributed by atoms with Gasteiger partial charge < -0.3 is 14.4 Å². The van der Waals surface area contributed by atoms with E-state index in [1.165, 1.54) is 0 Å². The lowest BCUT2D eigenvalue weighted by atomic mass is 9.72. The Kier molecular flexibility index (Phi) is 5.54. The van der Waals surface area contributed by atoms with E-state index in [2.05, 4.69) is 23.6 Å². The molecule has 4 nitrogen and oxygen atoms in total. The van der Waals surface area contributed by atoms with E-state index in [0.717, 1.165) is 58.2 Å². The van der Waals surface area contributed by atoms with E-state index in [0.29, 0.717) is 19.1 Å². The summed E-state index contributed by atoms with van der Waals surface area (Å²) >= 11 is 0. The van der Waals surface area contributed by atoms with E-state index in [4.69, 9.17) is 9.47 Å². The quantitative estimate of drug-likeness (QED) is 0.578. The van der Waals surface area contributed by atoms with Crippen molar-refractivity contribution in [2.24, 2.45) is 11.3 Å². The number of amides is 1. The van der Waals surface area contributed by atoms with Gasteiger partial charge in [-0.15, -0.1) is 6.58 Å². The summed E-state index contributed by atoms with van der Waals surface area (Å²) in [5.74, 6) is 0.508. The molecular formula is C19H29NO3. The minimum Gasteiger partial charge on any atom is -0.377 e. The second kappa shape index (κ2) is 7.63. The number of allylic oxidation sites excluding steroid dienone is 2. The summed E-state index contributed by atoms with van der Waals surface area (Å²) in [6, 6.07) is 0. The van der Waals surface area contributed by atoms with Gasteiger partial charge in [0.25, 0.3) is 0 Å². The third kappa shape index (κ3) is 3.69. The van der Waals surface area contributed by atoms with Gasteiger partial charge in [0.2, 0.25) is 5.91 Å². The summed E-state index contributed by atoms with van der Waals surface area (Å²) in [6.45, 7) is 7.41. The van der Waals surface area contributed by atoms with Crippen molar-refractivity contribution in [1.82, 2.24) is 4.90 Å². The van der Waals surface area contributed by atoms with Gasteiger partial charge in [-0.25, -0.2) is 0 Å². The maximum atomic E-state index is 12.9. The Morgan fingerprint density at radius 2 is 2.35 bits per heavy atom. The summed E-state index contributed by atoms with van der Waals surface area (Å²) in [5.41, 5.74) is -0.0281. The maximum absolute atomic E-state index is 12.9. The molecule has 2 saturated heterocycles. The molecule has 2 aliphatic heterocycles. The number of likely N-dealkylation sites (tertiary alicyclic amines) is 1. The van der Waals surface area contributed by atoms with E-state index < -0.39 is 0 Å². The zero-order chi connectivity index (χ0) is 16.1. The van der Waals surface area contributed by atoms with Gasteiger partial charge in [0.1, 0.15) is 0 Å². The van der Waals surface area contributed by atoms with Crippen LogP contribution in [0, 0.1) is 11.3 Å². The number of piperidine rings is 1. The Hall–Kier alpha value is -1.13. The van der Waals surface area contributed by atoms with Gasteiger partial charge in [0, 0.05) is 31.0 Å². The Morgan fingerprint density at radius 3 is 3.13 bits per heavy atom. The number of ether oxygens (including phenoxy) is 2. The van der Waals surface area contributed by atoms with Crippen LogP contribution >= 0.6 is 0 Å². The number of nitrogens with zero attached hydrogens (tertiary/aromatic N) is 1. The predicted octanol–water partition coefficient (Wildman–Crippen LogP) is 2.94. The van der Waals surface area contributed by atoms with E-state index >= 15 is 0 Å². The molecule has 4 heteroatoms. The van der Waals surface area contributed by atoms with Gasteiger partial charge in [0.15, 0.2) is 0 Å². The number of rotatable bonds is 5. The molecule has 3 aliphatic rings. The van der Waals surface area contributed by atoms with Gasteiger partial charge in [0.05, 0.1) is 19.3 Å². The van der Waals surface area contributed by atoms with Crippen LogP contribution in [-0.2, 0) is 14.3 Å². The molecule has 0 N–H and O–H groups in total. The average molecular weight is 319 g/mol. The van der Waals surface area contributed by atoms with E-state index in [1.54, 1.807) is 6.08 Å². The van der Waals surface area contributed by atoms with Crippen molar-refractivity contribution in [3.05, 3.63) is 24.8 Å². The van der Waals surface area contributed by atoms with Gasteiger partial charge in [-0.05, 0) is 38.5 Å². The molecule has 0 radical (unpaired) electrons. The summed E-state index contributed by atoms with van der Waals surface area (Å²) in [7, 11) is 0. The molecule has 3 rings (SSSR count). The molecule has 23 heavy (non-hydrogen) atoms. The van der Waals surface area contributed by atoms with Gasteiger partial charge in [-0.2, -0.15) is 0 Å². The highest BCUT2D eigenvalue weighted by atomic mass is 16.5. The molecule has 2 heterocycles. The average Bonchev–Trinajstić information content (AvgIpc) is 2.61. The molecule has 128 valence electrons. The molecule has 0 aromatic carbocycles. The Morgan fingerprint density at radius 1 is 1.43 bits per heavy atom. The standard InChI is InChI=1S/C19H29NO3/c1-2-12-22-15-19-10-6-13-23-17(19)9-11-20(14-19)18(21)16-7-4-3-5-8-16/h2-4,16-17H,1,5-15H2. The largest absolute Gasteiger partial charge is 0.377 e. The SMILES string of the molecule is C=CCOCC12CCCOC1CCN(C(=O)C1CC=CCC1)C2. The van der Waals surface area contributed by atoms with Crippen molar-refractivity contribution in [3.63, 3.8) is 0 Å². The monoisotopic (exact) mass is 319 g/mol. The lowest BCUT2D eigenvalue weighted by Gasteiger charge is -2.50. The minimum atomic E-state index is -0.0281. The highest BCUT2D eigenvalue weighted by Gasteiger charge is 2.47. The molecule has 1 aliphatic carbocycles. The zero-order valence-electron chi connectivity index (χ0n) is 14.0. The molecule has 0 saturated carbocycles. The van der Waals surface area contributed by atoms with Crippen LogP contribution in [0.5, 0.6) is 0 Å². The fourth-order valence-corrected chi connectivity index (χ4v) is 4.31. The van der Waals surface area contributed by atoms with Gasteiger partial charge in [-0.3, -0.25) is 4.79 Å². The fraction of sp³-hybridized carbons (Fsp3) is 0.737. The molecule has 1 amide bonds. The molecule has 2 fully saturated rings. The first-order chi connectivity index (χ1) is 11.2. The van der Waals surface area contributed by atoms with Crippen LogP contribution in [0.2, 0.25) is 0 Å². The summed E-state index contributed by atoms with van der Waals surface area (Å²) in [4.78, 5) is 15.0. The second-order valence-corrected chi connectivity index (χ2v) is 7.16. The topological polar surface area (TPSA) is 38.8 Å². The van der Waals surface area contributed by atoms with Crippen LogP contribution < -0.4 is 0 Å². The van der Waals surface area contributed by atoms with Crippen LogP contribution in [0.1, 0.15) is 38.5 Å². The van der Waals surface area contributed by atoms with Crippen LogP contribution in [0.3, 0.4) is 0 Å². The van der Waals surface area contributed by atoms with Crippen LogP contribution in [-0.4, -0.2) is 49.8 Å². The van der Waals surface area contributed by atoms with Crippen LogP contribution in [0.25, 0.3) is 0 Å². The molecule has 3 unspecified atom stereocenters. The Bertz CT molecular complexity index is 462. The first-order valence-electron chi connectivity index (χ1n) is 8.99. The smallest absolute Gasteiger partial charge is 0.226 e. The summed E-state index contributed by atoms with van der Waals surface area (Å²) in [5, 5.41) is 0. The summed E-state index contributed by atoms with van der Waals surface area (Å²) in [6.07, 6.45) is 12.4. The van der Waals surface area contributed by atoms with E-state index in [1.807, 2.05) is 0 Å². The molecule has 0 aromatic rings. The van der Waals surface area contributed by atoms with Crippen molar-refractivity contribution in [3.8, 4) is 0 Å². The highest BCUT2D eigenvalue weighted by Crippen LogP contribution is 2.41. The second-order valence-electron chi connectivity index (χ2n) is 7.16. The van der Waals surface area contributed by atoms with Gasteiger partial charge >= 0.3 is 0 Å². The molecule has 0 aromatic heterocycles. The summed E-state index contributed by atoms with van der Waals surface area (Å²) < 4.78 is 11.8. The fourth-order valence-electron chi connectivity index (χ4n) is 4.31. The molecular weight excluding hydrogens is 290 g/mol. The number of fused-ring (bicyclic) bond motifs is 1. The zero-order valence-corrected chi connectivity index (χ0v) is 14.0. The van der Waals surface area contributed by atoms with Crippen molar-refractivity contribution >= 4 is 5.91 Å². The normalized spacial score (nSPS) is 34.0. The number of hydrogen-bond acceptors (Lipinski definition) is 3. The lowest BCUT2D eigenvalue weighted by Crippen LogP contribution is -2.58. The first kappa shape index (κ1) is 16.7. The van der Waals surface area contributed by atoms with E-state index in [-0.39, 0.29) is 17.4 Å². The first-order valence-corrected chi connectivity index (χ1v) is 8.99. The minimum absolute atomic E-state index is 0.0281. The van der Waals surface area contributed by atoms with Crippen molar-refractivity contribution in [1.29, 1.82) is 0 Å². The number of carbonyl (C=O) groups excluding carboxylic acids is 1. The van der Waals surface area contributed by atoms with Crippen LogP contribution in [0.15, 0.2) is 24.8 Å². The van der Waals surface area contributed by atoms with Crippen molar-refractivity contribution in [2.75, 3.05) is 32.9 Å². The Labute approximate surface area is 139 Å².